The van der Waals surface area contributed by atoms with Crippen molar-refractivity contribution in [2.24, 2.45) is 17.3 Å². The second kappa shape index (κ2) is 3.52. The predicted octanol–water partition coefficient (Wildman–Crippen LogP) is 2.40. The topological polar surface area (TPSA) is 26.3 Å². The molecule has 2 heteroatoms. The average Bonchev–Trinajstić information content (AvgIpc) is 2.63. The van der Waals surface area contributed by atoms with E-state index in [9.17, 15) is 4.79 Å². The molecule has 0 saturated heterocycles. The summed E-state index contributed by atoms with van der Waals surface area (Å²) in [5.74, 6) is 0.371. The van der Waals surface area contributed by atoms with E-state index in [2.05, 4.69) is 32.9 Å². The number of hydrogen-bond acceptors (Lipinski definition) is 2. The van der Waals surface area contributed by atoms with Crippen molar-refractivity contribution in [3.63, 3.8) is 0 Å². The standard InChI is InChI=1S/C11H18O2/c1-5-6-7-8-9(10(12)13-4)11(8,2)3/h6-9H,5H2,1-4H3/b7-6-/t8-,9+/m1/s1. The molecule has 0 heterocycles. The minimum Gasteiger partial charge on any atom is -0.469 e. The molecule has 1 rings (SSSR count). The lowest BCUT2D eigenvalue weighted by Crippen LogP contribution is -2.07. The Bertz CT molecular complexity index is 228. The van der Waals surface area contributed by atoms with Crippen LogP contribution in [0.5, 0.6) is 0 Å². The van der Waals surface area contributed by atoms with Crippen molar-refractivity contribution in [1.29, 1.82) is 0 Å². The fourth-order valence-electron chi connectivity index (χ4n) is 1.90. The van der Waals surface area contributed by atoms with Gasteiger partial charge in [-0.15, -0.1) is 0 Å². The molecule has 0 spiro atoms. The molecule has 0 aliphatic heterocycles. The first-order valence-electron chi connectivity index (χ1n) is 4.80. The first kappa shape index (κ1) is 10.3. The lowest BCUT2D eigenvalue weighted by molar-refractivity contribution is -0.143. The Morgan fingerprint density at radius 3 is 2.62 bits per heavy atom. The van der Waals surface area contributed by atoms with Gasteiger partial charge < -0.3 is 4.74 Å². The first-order valence-corrected chi connectivity index (χ1v) is 4.80. The van der Waals surface area contributed by atoms with Crippen LogP contribution in [0.15, 0.2) is 12.2 Å². The predicted molar refractivity (Wildman–Crippen MR) is 52.2 cm³/mol. The van der Waals surface area contributed by atoms with E-state index in [4.69, 9.17) is 4.74 Å². The molecule has 0 unspecified atom stereocenters. The molecule has 1 saturated carbocycles. The van der Waals surface area contributed by atoms with Gasteiger partial charge in [0.25, 0.3) is 0 Å². The van der Waals surface area contributed by atoms with Crippen LogP contribution in [0.2, 0.25) is 0 Å². The van der Waals surface area contributed by atoms with E-state index in [1.807, 2.05) is 0 Å². The largest absolute Gasteiger partial charge is 0.469 e. The van der Waals surface area contributed by atoms with E-state index >= 15 is 0 Å². The lowest BCUT2D eigenvalue weighted by Gasteiger charge is -1.98. The third-order valence-electron chi connectivity index (χ3n) is 2.94. The molecule has 0 bridgehead atoms. The maximum atomic E-state index is 11.3. The molecule has 13 heavy (non-hydrogen) atoms. The van der Waals surface area contributed by atoms with Crippen LogP contribution in [0.4, 0.5) is 0 Å². The number of methoxy groups -OCH3 is 1. The van der Waals surface area contributed by atoms with Crippen molar-refractivity contribution in [1.82, 2.24) is 0 Å². The number of hydrogen-bond donors (Lipinski definition) is 0. The van der Waals surface area contributed by atoms with Gasteiger partial charge in [0.05, 0.1) is 13.0 Å². The zero-order valence-electron chi connectivity index (χ0n) is 8.83. The van der Waals surface area contributed by atoms with Crippen LogP contribution in [-0.4, -0.2) is 13.1 Å². The van der Waals surface area contributed by atoms with E-state index in [0.717, 1.165) is 6.42 Å². The number of allylic oxidation sites excluding steroid dienone is 2. The smallest absolute Gasteiger partial charge is 0.309 e. The molecule has 0 aromatic carbocycles. The Morgan fingerprint density at radius 2 is 2.15 bits per heavy atom. The average molecular weight is 182 g/mol. The summed E-state index contributed by atoms with van der Waals surface area (Å²) in [7, 11) is 1.46. The monoisotopic (exact) mass is 182 g/mol. The third-order valence-corrected chi connectivity index (χ3v) is 2.94. The van der Waals surface area contributed by atoms with Gasteiger partial charge in [-0.1, -0.05) is 32.9 Å². The van der Waals surface area contributed by atoms with Gasteiger partial charge in [-0.05, 0) is 17.8 Å². The summed E-state index contributed by atoms with van der Waals surface area (Å²) < 4.78 is 4.75. The van der Waals surface area contributed by atoms with Crippen molar-refractivity contribution in [3.8, 4) is 0 Å². The van der Waals surface area contributed by atoms with Gasteiger partial charge in [0.1, 0.15) is 0 Å². The highest BCUT2D eigenvalue weighted by Crippen LogP contribution is 2.59. The van der Waals surface area contributed by atoms with Crippen LogP contribution in [0.1, 0.15) is 27.2 Å². The van der Waals surface area contributed by atoms with Gasteiger partial charge in [0, 0.05) is 0 Å². The van der Waals surface area contributed by atoms with Gasteiger partial charge in [0.2, 0.25) is 0 Å². The van der Waals surface area contributed by atoms with Crippen molar-refractivity contribution < 1.29 is 9.53 Å². The van der Waals surface area contributed by atoms with Crippen molar-refractivity contribution >= 4 is 5.97 Å². The molecule has 2 atom stereocenters. The molecule has 2 nitrogen and oxygen atoms in total. The highest BCUT2D eigenvalue weighted by atomic mass is 16.5. The minimum atomic E-state index is -0.0734. The van der Waals surface area contributed by atoms with Gasteiger partial charge in [0.15, 0.2) is 0 Å². The summed E-state index contributed by atoms with van der Waals surface area (Å²) in [4.78, 5) is 11.3. The van der Waals surface area contributed by atoms with Gasteiger partial charge in [-0.3, -0.25) is 4.79 Å². The van der Waals surface area contributed by atoms with E-state index in [1.54, 1.807) is 0 Å². The summed E-state index contributed by atoms with van der Waals surface area (Å²) in [5.41, 5.74) is 0.0960. The molecular formula is C11H18O2. The number of carbonyl (C=O) groups is 1. The second-order valence-electron chi connectivity index (χ2n) is 4.18. The zero-order chi connectivity index (χ0) is 10.1. The van der Waals surface area contributed by atoms with Crippen molar-refractivity contribution in [2.45, 2.75) is 27.2 Å². The molecule has 74 valence electrons. The maximum Gasteiger partial charge on any atom is 0.309 e. The van der Waals surface area contributed by atoms with Crippen LogP contribution in [0, 0.1) is 17.3 Å². The van der Waals surface area contributed by atoms with Crippen molar-refractivity contribution in [2.75, 3.05) is 7.11 Å². The van der Waals surface area contributed by atoms with E-state index in [0.29, 0.717) is 5.92 Å². The molecule has 1 aliphatic rings. The molecule has 1 aliphatic carbocycles. The van der Waals surface area contributed by atoms with Gasteiger partial charge in [-0.2, -0.15) is 0 Å². The Hall–Kier alpha value is -0.790. The van der Waals surface area contributed by atoms with E-state index in [-0.39, 0.29) is 17.3 Å². The first-order chi connectivity index (χ1) is 6.05. The van der Waals surface area contributed by atoms with E-state index < -0.39 is 0 Å². The lowest BCUT2D eigenvalue weighted by atomic mass is 10.1. The van der Waals surface area contributed by atoms with Crippen LogP contribution in [-0.2, 0) is 9.53 Å². The van der Waals surface area contributed by atoms with Gasteiger partial charge >= 0.3 is 5.97 Å². The normalized spacial score (nSPS) is 30.5. The summed E-state index contributed by atoms with van der Waals surface area (Å²) in [5, 5.41) is 0. The Morgan fingerprint density at radius 1 is 1.54 bits per heavy atom. The number of esters is 1. The summed E-state index contributed by atoms with van der Waals surface area (Å²) in [6, 6.07) is 0. The Labute approximate surface area is 80.0 Å². The highest BCUT2D eigenvalue weighted by Gasteiger charge is 2.60. The molecule has 0 radical (unpaired) electrons. The Balaban J connectivity index is 2.60. The number of carbonyl (C=O) groups excluding carboxylic acids is 1. The SMILES string of the molecule is CC/C=C\[C@@H]1[C@@H](C(=O)OC)C1(C)C. The minimum absolute atomic E-state index is 0.0697. The summed E-state index contributed by atoms with van der Waals surface area (Å²) >= 11 is 0. The van der Waals surface area contributed by atoms with Crippen LogP contribution < -0.4 is 0 Å². The van der Waals surface area contributed by atoms with Gasteiger partial charge in [-0.25, -0.2) is 0 Å². The quantitative estimate of drug-likeness (QED) is 0.495. The fourth-order valence-corrected chi connectivity index (χ4v) is 1.90. The molecule has 0 N–H and O–H groups in total. The summed E-state index contributed by atoms with van der Waals surface area (Å²) in [6.45, 7) is 6.32. The van der Waals surface area contributed by atoms with Crippen LogP contribution in [0.25, 0.3) is 0 Å². The maximum absolute atomic E-state index is 11.3. The van der Waals surface area contributed by atoms with Crippen LogP contribution >= 0.6 is 0 Å². The fraction of sp³-hybridized carbons (Fsp3) is 0.727. The molecule has 0 amide bonds. The van der Waals surface area contributed by atoms with Crippen LogP contribution in [0.3, 0.4) is 0 Å². The Kier molecular flexibility index (Phi) is 2.79. The molecular weight excluding hydrogens is 164 g/mol. The molecule has 0 aromatic rings. The van der Waals surface area contributed by atoms with Crippen molar-refractivity contribution in [3.05, 3.63) is 12.2 Å². The number of rotatable bonds is 3. The zero-order valence-corrected chi connectivity index (χ0v) is 8.83. The van der Waals surface area contributed by atoms with E-state index in [1.165, 1.54) is 7.11 Å². The summed E-state index contributed by atoms with van der Waals surface area (Å²) in [6.07, 6.45) is 5.29. The molecule has 0 aromatic heterocycles. The third kappa shape index (κ3) is 1.77. The molecule has 1 fully saturated rings. The highest BCUT2D eigenvalue weighted by molar-refractivity contribution is 5.78. The number of ether oxygens (including phenoxy) is 1. The second-order valence-corrected chi connectivity index (χ2v) is 4.18.